The van der Waals surface area contributed by atoms with E-state index in [1.165, 1.54) is 5.56 Å². The second kappa shape index (κ2) is 7.63. The zero-order valence-electron chi connectivity index (χ0n) is 14.5. The lowest BCUT2D eigenvalue weighted by molar-refractivity contribution is 0.690. The van der Waals surface area contributed by atoms with Crippen molar-refractivity contribution < 1.29 is 9.69 Å². The van der Waals surface area contributed by atoms with Gasteiger partial charge in [-0.25, -0.2) is 4.21 Å². The highest BCUT2D eigenvalue weighted by Gasteiger charge is 2.10. The number of nitrogens with one attached hydrogen (secondary N) is 1. The molecule has 3 aromatic rings. The van der Waals surface area contributed by atoms with E-state index in [-0.39, 0.29) is 11.0 Å². The van der Waals surface area contributed by atoms with Crippen molar-refractivity contribution in [3.8, 4) is 11.1 Å². The van der Waals surface area contributed by atoms with Crippen LogP contribution in [0.25, 0.3) is 21.9 Å². The second-order valence-corrected chi connectivity index (χ2v) is 6.94. The Balaban J connectivity index is 0.00000225. The van der Waals surface area contributed by atoms with Crippen molar-refractivity contribution in [1.82, 2.24) is 4.57 Å². The van der Waals surface area contributed by atoms with Gasteiger partial charge in [0.1, 0.15) is 11.0 Å². The Kier molecular flexibility index (Phi) is 5.77. The summed E-state index contributed by atoms with van der Waals surface area (Å²) in [6, 6.07) is 13.8. The van der Waals surface area contributed by atoms with Gasteiger partial charge in [0.2, 0.25) is 0 Å². The highest BCUT2D eigenvalue weighted by molar-refractivity contribution is 7.85. The van der Waals surface area contributed by atoms with Crippen LogP contribution in [0.4, 0.5) is 5.69 Å². The predicted molar refractivity (Wildman–Crippen MR) is 105 cm³/mol. The molecule has 0 aliphatic carbocycles. The molecule has 1 atom stereocenters. The lowest BCUT2D eigenvalue weighted by Crippen LogP contribution is -2.16. The first-order valence-corrected chi connectivity index (χ1v) is 9.38. The summed E-state index contributed by atoms with van der Waals surface area (Å²) >= 11 is 0. The third-order valence-corrected chi connectivity index (χ3v) is 4.61. The molecule has 0 saturated heterocycles. The molecule has 6 heteroatoms. The van der Waals surface area contributed by atoms with Crippen molar-refractivity contribution >= 4 is 27.4 Å². The molecule has 3 N–H and O–H groups in total. The molecular weight excluding hydrogens is 336 g/mol. The second-order valence-electron chi connectivity index (χ2n) is 5.83. The summed E-state index contributed by atoms with van der Waals surface area (Å²) in [5.74, 6) is 0. The number of aryl methyl sites for hydroxylation is 2. The van der Waals surface area contributed by atoms with E-state index in [9.17, 15) is 9.00 Å². The Morgan fingerprint density at radius 3 is 2.56 bits per heavy atom. The summed E-state index contributed by atoms with van der Waals surface area (Å²) in [5.41, 5.74) is 3.97. The van der Waals surface area contributed by atoms with Crippen LogP contribution in [0, 0.1) is 0 Å². The highest BCUT2D eigenvalue weighted by Crippen LogP contribution is 2.29. The van der Waals surface area contributed by atoms with Crippen LogP contribution in [0.3, 0.4) is 0 Å². The Bertz CT molecular complexity index is 996. The molecule has 1 aromatic heterocycles. The number of benzene rings is 2. The van der Waals surface area contributed by atoms with Crippen molar-refractivity contribution in [2.24, 2.45) is 7.05 Å². The molecule has 2 aromatic carbocycles. The van der Waals surface area contributed by atoms with E-state index < -0.39 is 11.0 Å². The lowest BCUT2D eigenvalue weighted by Gasteiger charge is -2.12. The van der Waals surface area contributed by atoms with Gasteiger partial charge in [-0.2, -0.15) is 0 Å². The molecule has 132 valence electrons. The first kappa shape index (κ1) is 18.9. The number of aromatic nitrogens is 1. The van der Waals surface area contributed by atoms with E-state index in [0.717, 1.165) is 28.6 Å². The van der Waals surface area contributed by atoms with Crippen LogP contribution in [0.1, 0.15) is 12.5 Å². The number of nitrogens with zero attached hydrogens (tertiary/aromatic N) is 1. The van der Waals surface area contributed by atoms with Crippen molar-refractivity contribution in [3.63, 3.8) is 0 Å². The molecule has 3 rings (SSSR count). The van der Waals surface area contributed by atoms with Gasteiger partial charge in [0.05, 0.1) is 0 Å². The van der Waals surface area contributed by atoms with Crippen molar-refractivity contribution in [1.29, 1.82) is 0 Å². The number of fused-ring (bicyclic) bond motifs is 1. The van der Waals surface area contributed by atoms with Crippen LogP contribution < -0.4 is 10.3 Å². The number of rotatable bonds is 4. The molecule has 0 aliphatic rings. The van der Waals surface area contributed by atoms with Gasteiger partial charge in [-0.15, -0.1) is 0 Å². The van der Waals surface area contributed by atoms with E-state index in [0.29, 0.717) is 5.39 Å². The minimum Gasteiger partial charge on any atom is -0.412 e. The first-order valence-electron chi connectivity index (χ1n) is 7.82. The summed E-state index contributed by atoms with van der Waals surface area (Å²) in [6.45, 7) is 2.10. The maximum Gasteiger partial charge on any atom is 0.258 e. The molecule has 0 spiro atoms. The summed E-state index contributed by atoms with van der Waals surface area (Å²) in [4.78, 5) is 12.4. The third-order valence-electron chi connectivity index (χ3n) is 4.09. The van der Waals surface area contributed by atoms with Crippen LogP contribution >= 0.6 is 0 Å². The predicted octanol–water partition coefficient (Wildman–Crippen LogP) is 2.65. The van der Waals surface area contributed by atoms with Crippen LogP contribution in [0.2, 0.25) is 0 Å². The number of anilines is 1. The van der Waals surface area contributed by atoms with Crippen molar-refractivity contribution in [3.05, 3.63) is 64.6 Å². The average Bonchev–Trinajstić information content (AvgIpc) is 2.57. The van der Waals surface area contributed by atoms with Crippen molar-refractivity contribution in [2.45, 2.75) is 13.3 Å². The molecular formula is C19H22N2O3S. The van der Waals surface area contributed by atoms with E-state index in [2.05, 4.69) is 17.7 Å². The monoisotopic (exact) mass is 358 g/mol. The van der Waals surface area contributed by atoms with Gasteiger partial charge in [0.15, 0.2) is 0 Å². The maximum absolute atomic E-state index is 12.4. The molecule has 0 radical (unpaired) electrons. The molecule has 0 aliphatic heterocycles. The molecule has 0 fully saturated rings. The van der Waals surface area contributed by atoms with Gasteiger partial charge in [0, 0.05) is 36.1 Å². The fourth-order valence-electron chi connectivity index (χ4n) is 2.88. The topological polar surface area (TPSA) is 82.6 Å². The Hall–Kier alpha value is -2.44. The summed E-state index contributed by atoms with van der Waals surface area (Å²) in [5, 5.41) is 1.66. The molecule has 1 unspecified atom stereocenters. The third kappa shape index (κ3) is 3.81. The zero-order chi connectivity index (χ0) is 17.3. The van der Waals surface area contributed by atoms with Gasteiger partial charge >= 0.3 is 0 Å². The number of hydrogen-bond donors (Lipinski definition) is 1. The minimum absolute atomic E-state index is 0. The van der Waals surface area contributed by atoms with Crippen LogP contribution in [0.5, 0.6) is 0 Å². The number of hydrogen-bond acceptors (Lipinski definition) is 2. The molecule has 5 nitrogen and oxygen atoms in total. The molecule has 1 heterocycles. The van der Waals surface area contributed by atoms with Crippen molar-refractivity contribution in [2.75, 3.05) is 11.0 Å². The summed E-state index contributed by atoms with van der Waals surface area (Å²) in [6.07, 6.45) is 4.38. The van der Waals surface area contributed by atoms with E-state index in [4.69, 9.17) is 0 Å². The molecule has 0 amide bonds. The van der Waals surface area contributed by atoms with E-state index in [1.807, 2.05) is 42.6 Å². The smallest absolute Gasteiger partial charge is 0.258 e. The molecule has 25 heavy (non-hydrogen) atoms. The minimum atomic E-state index is -1.13. The maximum atomic E-state index is 12.4. The number of pyridine rings is 1. The molecule has 0 saturated carbocycles. The zero-order valence-corrected chi connectivity index (χ0v) is 15.3. The Labute approximate surface area is 149 Å². The van der Waals surface area contributed by atoms with Gasteiger partial charge in [-0.3, -0.25) is 4.79 Å². The normalized spacial score (nSPS) is 11.8. The lowest BCUT2D eigenvalue weighted by atomic mass is 9.98. The van der Waals surface area contributed by atoms with Gasteiger partial charge in [0.25, 0.3) is 5.56 Å². The molecule has 0 bridgehead atoms. The van der Waals surface area contributed by atoms with Gasteiger partial charge in [-0.1, -0.05) is 31.2 Å². The SMILES string of the molecule is CCc1ccc2c(=O)n(C)cc(-c3cccc(NS(C)=O)c3)c2c1.O. The fourth-order valence-corrected chi connectivity index (χ4v) is 3.34. The van der Waals surface area contributed by atoms with Crippen LogP contribution in [0.15, 0.2) is 53.5 Å². The Morgan fingerprint density at radius 2 is 1.88 bits per heavy atom. The van der Waals surface area contributed by atoms with E-state index in [1.54, 1.807) is 17.9 Å². The van der Waals surface area contributed by atoms with Crippen LogP contribution in [-0.2, 0) is 24.5 Å². The largest absolute Gasteiger partial charge is 0.412 e. The van der Waals surface area contributed by atoms with Crippen LogP contribution in [-0.4, -0.2) is 20.5 Å². The average molecular weight is 358 g/mol. The standard InChI is InChI=1S/C19H20N2O2S.H2O/c1-4-13-8-9-16-17(10-13)18(12-21(2)19(16)22)14-6-5-7-15(11-14)20-24(3)23;/h5-12,20H,4H2,1-3H3;1H2. The summed E-state index contributed by atoms with van der Waals surface area (Å²) < 4.78 is 15.9. The Morgan fingerprint density at radius 1 is 1.12 bits per heavy atom. The summed E-state index contributed by atoms with van der Waals surface area (Å²) in [7, 11) is 0.639. The fraction of sp³-hybridized carbons (Fsp3) is 0.211. The highest BCUT2D eigenvalue weighted by atomic mass is 32.2. The van der Waals surface area contributed by atoms with E-state index >= 15 is 0 Å². The van der Waals surface area contributed by atoms with Gasteiger partial charge < -0.3 is 14.8 Å². The first-order chi connectivity index (χ1) is 11.5. The quantitative estimate of drug-likeness (QED) is 0.778. The van der Waals surface area contributed by atoms with Gasteiger partial charge in [-0.05, 0) is 41.1 Å².